The van der Waals surface area contributed by atoms with Gasteiger partial charge in [0.05, 0.1) is 11.6 Å². The third-order valence-electron chi connectivity index (χ3n) is 4.65. The molecule has 0 aromatic heterocycles. The molecule has 0 saturated carbocycles. The van der Waals surface area contributed by atoms with Gasteiger partial charge in [-0.15, -0.1) is 0 Å². The molecule has 3 rings (SSSR count). The Kier molecular flexibility index (Phi) is 6.78. The van der Waals surface area contributed by atoms with Gasteiger partial charge in [0.25, 0.3) is 0 Å². The summed E-state index contributed by atoms with van der Waals surface area (Å²) in [5.74, 6) is 0.811. The highest BCUT2D eigenvalue weighted by atomic mass is 16.5. The summed E-state index contributed by atoms with van der Waals surface area (Å²) in [6, 6.07) is 24.7. The topological polar surface area (TPSA) is 53.3 Å². The van der Waals surface area contributed by atoms with Crippen LogP contribution in [-0.2, 0) is 6.42 Å². The average molecular weight is 384 g/mol. The Bertz CT molecular complexity index is 1020. The lowest BCUT2D eigenvalue weighted by Gasteiger charge is -2.12. The number of carbonyl (C=O) groups excluding carboxylic acids is 1. The Hall–Kier alpha value is -3.42. The van der Waals surface area contributed by atoms with Crippen LogP contribution in [0.4, 0.5) is 0 Å². The van der Waals surface area contributed by atoms with Crippen molar-refractivity contribution >= 4 is 5.78 Å². The maximum absolute atomic E-state index is 12.8. The SMILES string of the molecule is CN(C)CCOc1ccc(C(=O)Cc2ccccc2-c2cccc(C#N)c2)cc1. The molecule has 0 aliphatic rings. The number of likely N-dealkylation sites (N-methyl/N-ethyl adjacent to an activating group) is 1. The molecule has 0 heterocycles. The predicted molar refractivity (Wildman–Crippen MR) is 115 cm³/mol. The number of nitrogens with zero attached hydrogens (tertiary/aromatic N) is 2. The molecule has 0 atom stereocenters. The monoisotopic (exact) mass is 384 g/mol. The van der Waals surface area contributed by atoms with E-state index in [1.165, 1.54) is 0 Å². The van der Waals surface area contributed by atoms with E-state index >= 15 is 0 Å². The molecule has 146 valence electrons. The lowest BCUT2D eigenvalue weighted by molar-refractivity contribution is 0.0993. The highest BCUT2D eigenvalue weighted by molar-refractivity contribution is 5.98. The van der Waals surface area contributed by atoms with E-state index in [1.807, 2.05) is 80.8 Å². The van der Waals surface area contributed by atoms with Crippen molar-refractivity contribution in [3.8, 4) is 22.9 Å². The molecule has 3 aromatic rings. The van der Waals surface area contributed by atoms with Gasteiger partial charge in [0.1, 0.15) is 12.4 Å². The van der Waals surface area contributed by atoms with Gasteiger partial charge in [0.15, 0.2) is 5.78 Å². The number of ether oxygens (including phenoxy) is 1. The Morgan fingerprint density at radius 3 is 2.48 bits per heavy atom. The fraction of sp³-hybridized carbons (Fsp3) is 0.200. The molecule has 29 heavy (non-hydrogen) atoms. The van der Waals surface area contributed by atoms with Crippen molar-refractivity contribution in [1.29, 1.82) is 5.26 Å². The summed E-state index contributed by atoms with van der Waals surface area (Å²) in [6.07, 6.45) is 0.299. The summed E-state index contributed by atoms with van der Waals surface area (Å²) < 4.78 is 5.69. The summed E-state index contributed by atoms with van der Waals surface area (Å²) in [4.78, 5) is 14.9. The molecule has 4 heteroatoms. The molecule has 0 N–H and O–H groups in total. The van der Waals surface area contributed by atoms with Gasteiger partial charge in [0, 0.05) is 18.5 Å². The Morgan fingerprint density at radius 1 is 1.00 bits per heavy atom. The minimum Gasteiger partial charge on any atom is -0.492 e. The second-order valence-corrected chi connectivity index (χ2v) is 7.13. The summed E-state index contributed by atoms with van der Waals surface area (Å²) in [6.45, 7) is 1.44. The Labute approximate surface area is 172 Å². The lowest BCUT2D eigenvalue weighted by atomic mass is 9.94. The second-order valence-electron chi connectivity index (χ2n) is 7.13. The van der Waals surface area contributed by atoms with Gasteiger partial charge in [-0.05, 0) is 67.2 Å². The van der Waals surface area contributed by atoms with E-state index in [-0.39, 0.29) is 5.78 Å². The van der Waals surface area contributed by atoms with Crippen molar-refractivity contribution < 1.29 is 9.53 Å². The molecule has 0 unspecified atom stereocenters. The van der Waals surface area contributed by atoms with Crippen LogP contribution in [0.25, 0.3) is 11.1 Å². The van der Waals surface area contributed by atoms with Crippen LogP contribution in [0.5, 0.6) is 5.75 Å². The first-order valence-electron chi connectivity index (χ1n) is 9.56. The number of hydrogen-bond donors (Lipinski definition) is 0. The number of hydrogen-bond acceptors (Lipinski definition) is 4. The number of Topliss-reactive ketones (excluding diaryl/α,β-unsaturated/α-hetero) is 1. The molecule has 0 amide bonds. The highest BCUT2D eigenvalue weighted by Crippen LogP contribution is 2.26. The summed E-state index contributed by atoms with van der Waals surface area (Å²) in [5.41, 5.74) is 4.12. The maximum atomic E-state index is 12.8. The van der Waals surface area contributed by atoms with Gasteiger partial charge in [-0.25, -0.2) is 0 Å². The molecule has 0 saturated heterocycles. The molecule has 0 fully saturated rings. The molecule has 0 aliphatic heterocycles. The molecule has 3 aromatic carbocycles. The van der Waals surface area contributed by atoms with E-state index in [9.17, 15) is 4.79 Å². The first-order valence-corrected chi connectivity index (χ1v) is 9.56. The smallest absolute Gasteiger partial charge is 0.167 e. The minimum atomic E-state index is 0.0497. The van der Waals surface area contributed by atoms with Gasteiger partial charge < -0.3 is 9.64 Å². The number of benzene rings is 3. The van der Waals surface area contributed by atoms with E-state index in [2.05, 4.69) is 11.0 Å². The number of nitriles is 1. The summed E-state index contributed by atoms with van der Waals surface area (Å²) in [5, 5.41) is 9.16. The largest absolute Gasteiger partial charge is 0.492 e. The zero-order valence-corrected chi connectivity index (χ0v) is 16.8. The molecule has 4 nitrogen and oxygen atoms in total. The van der Waals surface area contributed by atoms with Crippen molar-refractivity contribution in [3.05, 3.63) is 89.5 Å². The maximum Gasteiger partial charge on any atom is 0.167 e. The van der Waals surface area contributed by atoms with Crippen molar-refractivity contribution in [3.63, 3.8) is 0 Å². The van der Waals surface area contributed by atoms with E-state index < -0.39 is 0 Å². The molecule has 0 aliphatic carbocycles. The number of carbonyl (C=O) groups is 1. The lowest BCUT2D eigenvalue weighted by Crippen LogP contribution is -2.19. The van der Waals surface area contributed by atoms with Crippen LogP contribution < -0.4 is 4.74 Å². The Morgan fingerprint density at radius 2 is 1.76 bits per heavy atom. The summed E-state index contributed by atoms with van der Waals surface area (Å²) >= 11 is 0. The van der Waals surface area contributed by atoms with Crippen LogP contribution >= 0.6 is 0 Å². The van der Waals surface area contributed by atoms with Crippen molar-refractivity contribution in [2.75, 3.05) is 27.2 Å². The van der Waals surface area contributed by atoms with E-state index in [1.54, 1.807) is 6.07 Å². The van der Waals surface area contributed by atoms with Crippen LogP contribution in [0.3, 0.4) is 0 Å². The highest BCUT2D eigenvalue weighted by Gasteiger charge is 2.12. The zero-order chi connectivity index (χ0) is 20.6. The van der Waals surface area contributed by atoms with Crippen molar-refractivity contribution in [2.45, 2.75) is 6.42 Å². The van der Waals surface area contributed by atoms with E-state index in [4.69, 9.17) is 10.00 Å². The first-order chi connectivity index (χ1) is 14.1. The minimum absolute atomic E-state index is 0.0497. The number of ketones is 1. The van der Waals surface area contributed by atoms with Crippen LogP contribution in [0.2, 0.25) is 0 Å². The van der Waals surface area contributed by atoms with E-state index in [0.717, 1.165) is 29.0 Å². The molecular weight excluding hydrogens is 360 g/mol. The molecule has 0 bridgehead atoms. The van der Waals surface area contributed by atoms with Crippen LogP contribution in [0.1, 0.15) is 21.5 Å². The predicted octanol–water partition coefficient (Wildman–Crippen LogP) is 4.59. The van der Waals surface area contributed by atoms with Crippen molar-refractivity contribution in [2.24, 2.45) is 0 Å². The third-order valence-corrected chi connectivity index (χ3v) is 4.65. The summed E-state index contributed by atoms with van der Waals surface area (Å²) in [7, 11) is 4.00. The van der Waals surface area contributed by atoms with Gasteiger partial charge in [-0.2, -0.15) is 5.26 Å². The van der Waals surface area contributed by atoms with Crippen LogP contribution in [0.15, 0.2) is 72.8 Å². The quantitative estimate of drug-likeness (QED) is 0.533. The standard InChI is InChI=1S/C25H24N2O2/c1-27(2)14-15-29-23-12-10-20(11-13-23)25(28)17-22-7-3-4-9-24(22)21-8-5-6-19(16-21)18-26/h3-13,16H,14-15,17H2,1-2H3. The molecule has 0 spiro atoms. The average Bonchev–Trinajstić information content (AvgIpc) is 2.74. The fourth-order valence-corrected chi connectivity index (χ4v) is 3.07. The molecular formula is C25H24N2O2. The third kappa shape index (κ3) is 5.54. The normalized spacial score (nSPS) is 10.6. The van der Waals surface area contributed by atoms with Gasteiger partial charge in [-0.1, -0.05) is 36.4 Å². The zero-order valence-electron chi connectivity index (χ0n) is 16.8. The van der Waals surface area contributed by atoms with E-state index in [0.29, 0.717) is 24.2 Å². The van der Waals surface area contributed by atoms with Crippen LogP contribution in [0, 0.1) is 11.3 Å². The number of rotatable bonds is 8. The van der Waals surface area contributed by atoms with Crippen molar-refractivity contribution in [1.82, 2.24) is 4.90 Å². The molecule has 0 radical (unpaired) electrons. The Balaban J connectivity index is 1.73. The van der Waals surface area contributed by atoms with Gasteiger partial charge in [0.2, 0.25) is 0 Å². The van der Waals surface area contributed by atoms with Gasteiger partial charge >= 0.3 is 0 Å². The fourth-order valence-electron chi connectivity index (χ4n) is 3.07. The van der Waals surface area contributed by atoms with Crippen LogP contribution in [-0.4, -0.2) is 37.9 Å². The van der Waals surface area contributed by atoms with Gasteiger partial charge in [-0.3, -0.25) is 4.79 Å². The first kappa shape index (κ1) is 20.3. The second kappa shape index (κ2) is 9.68.